The summed E-state index contributed by atoms with van der Waals surface area (Å²) in [5.41, 5.74) is 1.58. The molecule has 0 atom stereocenters. The van der Waals surface area contributed by atoms with Crippen LogP contribution >= 0.6 is 0 Å². The van der Waals surface area contributed by atoms with Gasteiger partial charge in [-0.1, -0.05) is 36.4 Å². The molecule has 9 nitrogen and oxygen atoms in total. The van der Waals surface area contributed by atoms with Crippen molar-refractivity contribution < 1.29 is 22.9 Å². The molecular formula is C28H31N3O6S. The van der Waals surface area contributed by atoms with Gasteiger partial charge in [-0.3, -0.25) is 19.2 Å². The molecule has 0 saturated carbocycles. The first kappa shape index (κ1) is 27.1. The summed E-state index contributed by atoms with van der Waals surface area (Å²) in [7, 11) is -2.79. The van der Waals surface area contributed by atoms with Crippen LogP contribution in [0.5, 0.6) is 5.75 Å². The van der Waals surface area contributed by atoms with Crippen molar-refractivity contribution in [3.05, 3.63) is 94.0 Å². The van der Waals surface area contributed by atoms with Gasteiger partial charge >= 0.3 is 0 Å². The topological polar surface area (TPSA) is 110 Å². The number of amides is 1. The third kappa shape index (κ3) is 6.13. The number of sulfonamides is 1. The number of nitro benzene ring substituents is 1. The first-order valence-electron chi connectivity index (χ1n) is 12.4. The zero-order valence-corrected chi connectivity index (χ0v) is 22.3. The highest BCUT2D eigenvalue weighted by Gasteiger charge is 2.32. The van der Waals surface area contributed by atoms with Crippen LogP contribution in [-0.2, 0) is 21.2 Å². The van der Waals surface area contributed by atoms with E-state index < -0.39 is 21.5 Å². The summed E-state index contributed by atoms with van der Waals surface area (Å²) in [6.07, 6.45) is 2.61. The summed E-state index contributed by atoms with van der Waals surface area (Å²) in [4.78, 5) is 25.7. The summed E-state index contributed by atoms with van der Waals surface area (Å²) in [6, 6.07) is 20.3. The second-order valence-electron chi connectivity index (χ2n) is 9.43. The van der Waals surface area contributed by atoms with E-state index in [0.29, 0.717) is 30.3 Å². The van der Waals surface area contributed by atoms with Gasteiger partial charge in [-0.05, 0) is 68.0 Å². The Labute approximate surface area is 222 Å². The number of anilines is 1. The van der Waals surface area contributed by atoms with Crippen LogP contribution in [0.2, 0.25) is 0 Å². The summed E-state index contributed by atoms with van der Waals surface area (Å²) >= 11 is 0. The molecule has 200 valence electrons. The van der Waals surface area contributed by atoms with Crippen molar-refractivity contribution in [3.8, 4) is 5.75 Å². The highest BCUT2D eigenvalue weighted by molar-refractivity contribution is 7.92. The monoisotopic (exact) mass is 537 g/mol. The number of hydrogen-bond donors (Lipinski definition) is 0. The fourth-order valence-corrected chi connectivity index (χ4v) is 6.13. The predicted octanol–water partition coefficient (Wildman–Crippen LogP) is 4.59. The minimum atomic E-state index is -4.29. The second-order valence-corrected chi connectivity index (χ2v) is 11.3. The Morgan fingerprint density at radius 2 is 1.71 bits per heavy atom. The summed E-state index contributed by atoms with van der Waals surface area (Å²) in [6.45, 7) is 2.21. The number of ether oxygens (including phenoxy) is 1. The van der Waals surface area contributed by atoms with Gasteiger partial charge in [0, 0.05) is 24.7 Å². The van der Waals surface area contributed by atoms with Gasteiger partial charge in [-0.25, -0.2) is 8.42 Å². The molecule has 4 rings (SSSR count). The van der Waals surface area contributed by atoms with Crippen molar-refractivity contribution in [2.75, 3.05) is 31.0 Å². The molecule has 1 heterocycles. The average molecular weight is 538 g/mol. The van der Waals surface area contributed by atoms with Crippen molar-refractivity contribution in [2.24, 2.45) is 5.92 Å². The van der Waals surface area contributed by atoms with Gasteiger partial charge in [-0.2, -0.15) is 0 Å². The molecule has 0 radical (unpaired) electrons. The fourth-order valence-electron chi connectivity index (χ4n) is 4.69. The first-order valence-corrected chi connectivity index (χ1v) is 13.9. The maximum atomic E-state index is 13.7. The zero-order chi connectivity index (χ0) is 27.3. The van der Waals surface area contributed by atoms with E-state index in [1.807, 2.05) is 18.2 Å². The molecule has 1 fully saturated rings. The number of aryl methyl sites for hydroxylation is 1. The van der Waals surface area contributed by atoms with E-state index in [1.165, 1.54) is 24.8 Å². The van der Waals surface area contributed by atoms with Gasteiger partial charge in [0.15, 0.2) is 0 Å². The Morgan fingerprint density at radius 1 is 1.05 bits per heavy atom. The lowest BCUT2D eigenvalue weighted by atomic mass is 9.90. The summed E-state index contributed by atoms with van der Waals surface area (Å²) in [5, 5.41) is 11.5. The van der Waals surface area contributed by atoms with Crippen LogP contribution in [0.25, 0.3) is 0 Å². The second kappa shape index (κ2) is 11.6. The number of carbonyl (C=O) groups excluding carboxylic acids is 1. The number of rotatable bonds is 9. The van der Waals surface area contributed by atoms with E-state index >= 15 is 0 Å². The smallest absolute Gasteiger partial charge is 0.273 e. The van der Waals surface area contributed by atoms with Crippen molar-refractivity contribution in [1.29, 1.82) is 0 Å². The van der Waals surface area contributed by atoms with Crippen molar-refractivity contribution in [2.45, 2.75) is 31.1 Å². The van der Waals surface area contributed by atoms with Gasteiger partial charge in [0.1, 0.15) is 12.3 Å². The quantitative estimate of drug-likeness (QED) is 0.292. The fraction of sp³-hybridized carbons (Fsp3) is 0.321. The lowest BCUT2D eigenvalue weighted by Gasteiger charge is -2.34. The molecule has 1 amide bonds. The molecule has 0 aromatic heterocycles. The number of hydrogen-bond acceptors (Lipinski definition) is 6. The van der Waals surface area contributed by atoms with E-state index in [4.69, 9.17) is 4.74 Å². The summed E-state index contributed by atoms with van der Waals surface area (Å²) < 4.78 is 33.7. The predicted molar refractivity (Wildman–Crippen MR) is 145 cm³/mol. The highest BCUT2D eigenvalue weighted by Crippen LogP contribution is 2.30. The van der Waals surface area contributed by atoms with E-state index in [9.17, 15) is 23.3 Å². The SMILES string of the molecule is COc1ccc(N(CC(=O)N2CCC(Cc3ccccc3)CC2)S(=O)(=O)c2ccc(C)c([N+](=O)[O-])c2)cc1. The largest absolute Gasteiger partial charge is 0.497 e. The van der Waals surface area contributed by atoms with Gasteiger partial charge in [-0.15, -0.1) is 0 Å². The van der Waals surface area contributed by atoms with Crippen LogP contribution in [-0.4, -0.2) is 50.9 Å². The molecule has 3 aromatic rings. The van der Waals surface area contributed by atoms with Crippen molar-refractivity contribution >= 4 is 27.3 Å². The Hall–Kier alpha value is -3.92. The average Bonchev–Trinajstić information content (AvgIpc) is 2.92. The van der Waals surface area contributed by atoms with E-state index in [-0.39, 0.29) is 22.2 Å². The molecule has 10 heteroatoms. The van der Waals surface area contributed by atoms with Crippen LogP contribution in [0, 0.1) is 23.0 Å². The van der Waals surface area contributed by atoms with Crippen LogP contribution in [0.15, 0.2) is 77.7 Å². The molecule has 0 N–H and O–H groups in total. The molecule has 38 heavy (non-hydrogen) atoms. The lowest BCUT2D eigenvalue weighted by Crippen LogP contribution is -2.46. The van der Waals surface area contributed by atoms with E-state index in [0.717, 1.165) is 29.6 Å². The molecule has 0 bridgehead atoms. The molecule has 3 aromatic carbocycles. The number of nitro groups is 1. The van der Waals surface area contributed by atoms with Crippen LogP contribution in [0.4, 0.5) is 11.4 Å². The highest BCUT2D eigenvalue weighted by atomic mass is 32.2. The maximum Gasteiger partial charge on any atom is 0.273 e. The number of piperidine rings is 1. The third-order valence-electron chi connectivity index (χ3n) is 6.94. The molecule has 1 aliphatic heterocycles. The number of methoxy groups -OCH3 is 1. The van der Waals surface area contributed by atoms with Crippen LogP contribution in [0.1, 0.15) is 24.0 Å². The molecular weight excluding hydrogens is 506 g/mol. The summed E-state index contributed by atoms with van der Waals surface area (Å²) in [5.74, 6) is 0.670. The standard InChI is InChI=1S/C28H31N3O6S/c1-21-8-13-26(19-27(21)31(33)34)38(35,36)30(24-9-11-25(37-2)12-10-24)20-28(32)29-16-14-23(15-17-29)18-22-6-4-3-5-7-22/h3-13,19,23H,14-18,20H2,1-2H3. The van der Waals surface area contributed by atoms with Gasteiger partial charge < -0.3 is 9.64 Å². The van der Waals surface area contributed by atoms with Gasteiger partial charge in [0.05, 0.1) is 22.6 Å². The van der Waals surface area contributed by atoms with Gasteiger partial charge in [0.2, 0.25) is 5.91 Å². The molecule has 0 aliphatic carbocycles. The minimum Gasteiger partial charge on any atom is -0.497 e. The molecule has 1 aliphatic rings. The number of carbonyl (C=O) groups is 1. The van der Waals surface area contributed by atoms with Gasteiger partial charge in [0.25, 0.3) is 15.7 Å². The lowest BCUT2D eigenvalue weighted by molar-refractivity contribution is -0.385. The van der Waals surface area contributed by atoms with E-state index in [1.54, 1.807) is 36.1 Å². The van der Waals surface area contributed by atoms with Crippen LogP contribution in [0.3, 0.4) is 0 Å². The number of nitrogens with zero attached hydrogens (tertiary/aromatic N) is 3. The number of benzene rings is 3. The number of likely N-dealkylation sites (tertiary alicyclic amines) is 1. The Kier molecular flexibility index (Phi) is 8.31. The van der Waals surface area contributed by atoms with Crippen molar-refractivity contribution in [1.82, 2.24) is 4.90 Å². The molecule has 1 saturated heterocycles. The minimum absolute atomic E-state index is 0.250. The van der Waals surface area contributed by atoms with Crippen molar-refractivity contribution in [3.63, 3.8) is 0 Å². The maximum absolute atomic E-state index is 13.7. The Morgan fingerprint density at radius 3 is 2.32 bits per heavy atom. The van der Waals surface area contributed by atoms with E-state index in [2.05, 4.69) is 12.1 Å². The zero-order valence-electron chi connectivity index (χ0n) is 21.4. The first-order chi connectivity index (χ1) is 18.2. The Balaban J connectivity index is 1.55. The Bertz CT molecular complexity index is 1390. The van der Waals surface area contributed by atoms with Crippen LogP contribution < -0.4 is 9.04 Å². The normalized spacial score (nSPS) is 14.2. The molecule has 0 spiro atoms. The molecule has 0 unspecified atom stereocenters. The third-order valence-corrected chi connectivity index (χ3v) is 8.71.